The van der Waals surface area contributed by atoms with Gasteiger partial charge in [0.2, 0.25) is 0 Å². The Bertz CT molecular complexity index is 1120. The maximum atomic E-state index is 13.9. The van der Waals surface area contributed by atoms with Crippen molar-refractivity contribution in [3.05, 3.63) is 76.2 Å². The van der Waals surface area contributed by atoms with E-state index in [-0.39, 0.29) is 21.8 Å². The highest BCUT2D eigenvalue weighted by Crippen LogP contribution is 2.35. The van der Waals surface area contributed by atoms with Crippen LogP contribution in [0.25, 0.3) is 0 Å². The number of para-hydroxylation sites is 1. The first-order chi connectivity index (χ1) is 14.2. The lowest BCUT2D eigenvalue weighted by Gasteiger charge is -2.15. The number of carbonyl (C=O) groups excluding carboxylic acids is 3. The molecule has 2 aromatic rings. The molecule has 0 saturated carbocycles. The van der Waals surface area contributed by atoms with Gasteiger partial charge in [-0.1, -0.05) is 18.2 Å². The third-order valence-corrected chi connectivity index (χ3v) is 4.77. The normalized spacial score (nSPS) is 16.4. The summed E-state index contributed by atoms with van der Waals surface area (Å²) in [4.78, 5) is 40.9. The lowest BCUT2D eigenvalue weighted by Crippen LogP contribution is -2.29. The Morgan fingerprint density at radius 3 is 2.37 bits per heavy atom. The second-order valence-electron chi connectivity index (χ2n) is 5.66. The van der Waals surface area contributed by atoms with Crippen LogP contribution < -0.4 is 4.90 Å². The summed E-state index contributed by atoms with van der Waals surface area (Å²) < 4.78 is 58.4. The third kappa shape index (κ3) is 3.96. The van der Waals surface area contributed by atoms with E-state index in [9.17, 15) is 31.9 Å². The molecule has 2 aromatic carbocycles. The fraction of sp³-hybridized carbons (Fsp3) is 0.0526. The molecule has 11 heteroatoms. The summed E-state index contributed by atoms with van der Waals surface area (Å²) in [5.74, 6) is -11.0. The van der Waals surface area contributed by atoms with Crippen molar-refractivity contribution in [3.63, 3.8) is 0 Å². The molecule has 6 nitrogen and oxygen atoms in total. The number of esters is 1. The van der Waals surface area contributed by atoms with Gasteiger partial charge in [0.05, 0.1) is 23.3 Å². The Hall–Kier alpha value is -3.47. The lowest BCUT2D eigenvalue weighted by molar-refractivity contribution is -0.135. The van der Waals surface area contributed by atoms with Crippen molar-refractivity contribution in [1.29, 1.82) is 0 Å². The summed E-state index contributed by atoms with van der Waals surface area (Å²) in [7, 11) is 1.09. The predicted octanol–water partition coefficient (Wildman–Crippen LogP) is 3.58. The molecule has 0 spiro atoms. The standard InChI is InChI=1S/C19H10F4N2O4S/c1-29-13(26)8-12-18(28)25(9-5-3-2-4-6-9)19(30-12)24-17(27)10-7-11(20)15(22)16(23)14(10)21/h2-8H,1H3. The first-order valence-electron chi connectivity index (χ1n) is 8.07. The van der Waals surface area contributed by atoms with Crippen LogP contribution in [0.4, 0.5) is 23.2 Å². The molecular formula is C19H10F4N2O4S. The first kappa shape index (κ1) is 21.2. The molecule has 0 unspecified atom stereocenters. The Kier molecular flexibility index (Phi) is 6.01. The average Bonchev–Trinajstić information content (AvgIpc) is 3.03. The number of anilines is 1. The van der Waals surface area contributed by atoms with Gasteiger partial charge in [-0.05, 0) is 30.0 Å². The zero-order valence-corrected chi connectivity index (χ0v) is 15.8. The van der Waals surface area contributed by atoms with Crippen molar-refractivity contribution in [2.75, 3.05) is 12.0 Å². The molecule has 2 amide bonds. The number of ether oxygens (including phenoxy) is 1. The van der Waals surface area contributed by atoms with E-state index in [0.717, 1.165) is 18.1 Å². The van der Waals surface area contributed by atoms with Gasteiger partial charge in [-0.3, -0.25) is 14.5 Å². The van der Waals surface area contributed by atoms with E-state index in [2.05, 4.69) is 9.73 Å². The lowest BCUT2D eigenvalue weighted by atomic mass is 10.2. The minimum absolute atomic E-state index is 0.158. The molecule has 0 N–H and O–H groups in total. The van der Waals surface area contributed by atoms with Gasteiger partial charge in [-0.15, -0.1) is 0 Å². The van der Waals surface area contributed by atoms with Crippen LogP contribution in [0, 0.1) is 23.3 Å². The van der Waals surface area contributed by atoms with Crippen LogP contribution in [0.1, 0.15) is 10.4 Å². The van der Waals surface area contributed by atoms with E-state index in [1.807, 2.05) is 0 Å². The highest BCUT2D eigenvalue weighted by molar-refractivity contribution is 8.19. The van der Waals surface area contributed by atoms with Gasteiger partial charge in [0.25, 0.3) is 11.8 Å². The van der Waals surface area contributed by atoms with Gasteiger partial charge in [0.15, 0.2) is 28.4 Å². The number of amides is 2. The number of thioether (sulfide) groups is 1. The molecule has 1 saturated heterocycles. The van der Waals surface area contributed by atoms with Gasteiger partial charge < -0.3 is 4.74 Å². The maximum absolute atomic E-state index is 13.9. The fourth-order valence-electron chi connectivity index (χ4n) is 2.40. The Balaban J connectivity index is 2.08. The van der Waals surface area contributed by atoms with E-state index in [4.69, 9.17) is 0 Å². The zero-order valence-electron chi connectivity index (χ0n) is 15.0. The van der Waals surface area contributed by atoms with Gasteiger partial charge in [-0.2, -0.15) is 4.99 Å². The summed E-state index contributed by atoms with van der Waals surface area (Å²) in [6.45, 7) is 0. The van der Waals surface area contributed by atoms with Crippen molar-refractivity contribution in [2.45, 2.75) is 0 Å². The number of hydrogen-bond acceptors (Lipinski definition) is 5. The van der Waals surface area contributed by atoms with Crippen molar-refractivity contribution < 1.29 is 36.7 Å². The maximum Gasteiger partial charge on any atom is 0.331 e. The molecule has 0 bridgehead atoms. The summed E-state index contributed by atoms with van der Waals surface area (Å²) in [5.41, 5.74) is -0.905. The molecule has 154 valence electrons. The Labute approximate surface area is 170 Å². The molecule has 1 aliphatic heterocycles. The van der Waals surface area contributed by atoms with Gasteiger partial charge >= 0.3 is 5.97 Å². The molecule has 0 aliphatic carbocycles. The van der Waals surface area contributed by atoms with Crippen LogP contribution in [-0.4, -0.2) is 30.1 Å². The number of aliphatic imine (C=N–C) groups is 1. The SMILES string of the molecule is COC(=O)C=C1SC(=NC(=O)c2cc(F)c(F)c(F)c2F)N(c2ccccc2)C1=O. The fourth-order valence-corrected chi connectivity index (χ4v) is 3.33. The topological polar surface area (TPSA) is 76.0 Å². The number of nitrogens with zero attached hydrogens (tertiary/aromatic N) is 2. The Morgan fingerprint density at radius 1 is 1.07 bits per heavy atom. The molecule has 1 heterocycles. The molecule has 1 fully saturated rings. The summed E-state index contributed by atoms with van der Waals surface area (Å²) in [6, 6.07) is 7.98. The van der Waals surface area contributed by atoms with Crippen LogP contribution in [-0.2, 0) is 14.3 Å². The number of amidine groups is 1. The van der Waals surface area contributed by atoms with Crippen molar-refractivity contribution in [3.8, 4) is 0 Å². The number of halogens is 4. The number of methoxy groups -OCH3 is 1. The number of benzene rings is 2. The van der Waals surface area contributed by atoms with Gasteiger partial charge in [-0.25, -0.2) is 22.4 Å². The van der Waals surface area contributed by atoms with E-state index in [1.165, 1.54) is 12.1 Å². The average molecular weight is 438 g/mol. The van der Waals surface area contributed by atoms with Crippen LogP contribution in [0.5, 0.6) is 0 Å². The molecular weight excluding hydrogens is 428 g/mol. The highest BCUT2D eigenvalue weighted by Gasteiger charge is 2.36. The predicted molar refractivity (Wildman–Crippen MR) is 99.7 cm³/mol. The zero-order chi connectivity index (χ0) is 22.0. The number of carbonyl (C=O) groups is 3. The van der Waals surface area contributed by atoms with Crippen LogP contribution >= 0.6 is 11.8 Å². The quantitative estimate of drug-likeness (QED) is 0.241. The van der Waals surface area contributed by atoms with Gasteiger partial charge in [0.1, 0.15) is 0 Å². The molecule has 0 atom stereocenters. The van der Waals surface area contributed by atoms with E-state index >= 15 is 0 Å². The van der Waals surface area contributed by atoms with E-state index in [1.54, 1.807) is 18.2 Å². The minimum Gasteiger partial charge on any atom is -0.466 e. The van der Waals surface area contributed by atoms with Crippen LogP contribution in [0.3, 0.4) is 0 Å². The number of hydrogen-bond donors (Lipinski definition) is 0. The monoisotopic (exact) mass is 438 g/mol. The van der Waals surface area contributed by atoms with E-state index in [0.29, 0.717) is 11.8 Å². The summed E-state index contributed by atoms with van der Waals surface area (Å²) in [5, 5.41) is -0.309. The minimum atomic E-state index is -2.17. The highest BCUT2D eigenvalue weighted by atomic mass is 32.2. The third-order valence-electron chi connectivity index (χ3n) is 3.80. The van der Waals surface area contributed by atoms with E-state index < -0.39 is 46.6 Å². The van der Waals surface area contributed by atoms with Crippen LogP contribution in [0.2, 0.25) is 0 Å². The second-order valence-corrected chi connectivity index (χ2v) is 6.67. The first-order valence-corrected chi connectivity index (χ1v) is 8.89. The van der Waals surface area contributed by atoms with Crippen molar-refractivity contribution >= 4 is 40.4 Å². The van der Waals surface area contributed by atoms with Gasteiger partial charge in [0, 0.05) is 6.08 Å². The molecule has 1 aliphatic rings. The molecule has 3 rings (SSSR count). The van der Waals surface area contributed by atoms with Crippen molar-refractivity contribution in [2.24, 2.45) is 4.99 Å². The smallest absolute Gasteiger partial charge is 0.331 e. The largest absolute Gasteiger partial charge is 0.466 e. The second kappa shape index (κ2) is 8.49. The summed E-state index contributed by atoms with van der Waals surface area (Å²) in [6.07, 6.45) is 0.869. The molecule has 0 aromatic heterocycles. The molecule has 0 radical (unpaired) electrons. The molecule has 30 heavy (non-hydrogen) atoms. The Morgan fingerprint density at radius 2 is 1.73 bits per heavy atom. The number of rotatable bonds is 3. The van der Waals surface area contributed by atoms with Crippen LogP contribution in [0.15, 0.2) is 52.4 Å². The van der Waals surface area contributed by atoms with Crippen molar-refractivity contribution in [1.82, 2.24) is 0 Å². The summed E-state index contributed by atoms with van der Waals surface area (Å²) >= 11 is 0.588.